The number of anilines is 1. The molecule has 1 fully saturated rings. The van der Waals surface area contributed by atoms with Gasteiger partial charge in [0.2, 0.25) is 0 Å². The average Bonchev–Trinajstić information content (AvgIpc) is 2.70. The largest absolute Gasteiger partial charge is 0.396 e. The number of hydrogen-bond donors (Lipinski definition) is 1. The van der Waals surface area contributed by atoms with E-state index in [4.69, 9.17) is 17.3 Å². The van der Waals surface area contributed by atoms with Gasteiger partial charge in [0.05, 0.1) is 11.2 Å². The fourth-order valence-corrected chi connectivity index (χ4v) is 3.55. The van der Waals surface area contributed by atoms with Gasteiger partial charge in [-0.05, 0) is 17.7 Å². The molecule has 0 spiro atoms. The molecule has 3 aromatic rings. The number of nitrogens with zero attached hydrogens (tertiary/aromatic N) is 4. The van der Waals surface area contributed by atoms with E-state index in [9.17, 15) is 4.79 Å². The molecule has 2 N–H and O–H groups in total. The summed E-state index contributed by atoms with van der Waals surface area (Å²) >= 11 is 6.25. The Morgan fingerprint density at radius 1 is 1.00 bits per heavy atom. The maximum Gasteiger partial charge on any atom is 0.276 e. The molecule has 27 heavy (non-hydrogen) atoms. The van der Waals surface area contributed by atoms with Crippen LogP contribution >= 0.6 is 11.6 Å². The minimum atomic E-state index is -0.164. The van der Waals surface area contributed by atoms with Crippen LogP contribution in [0.5, 0.6) is 0 Å². The standard InChI is InChI=1S/C20H20ClN5O/c21-16-7-3-1-5-14(16)13-25-9-11-26(12-10-25)20(27)19-18(22)15-6-2-4-8-17(15)23-24-19/h1-8H,9-13H2,(H2,22,23). The molecule has 4 rings (SSSR count). The molecule has 0 aliphatic carbocycles. The van der Waals surface area contributed by atoms with Gasteiger partial charge in [-0.2, -0.15) is 0 Å². The van der Waals surface area contributed by atoms with Crippen molar-refractivity contribution in [2.24, 2.45) is 0 Å². The number of carbonyl (C=O) groups is 1. The fraction of sp³-hybridized carbons (Fsp3) is 0.250. The second-order valence-corrected chi connectivity index (χ2v) is 7.05. The zero-order valence-corrected chi connectivity index (χ0v) is 15.6. The number of carbonyl (C=O) groups excluding carboxylic acids is 1. The molecule has 1 amide bonds. The lowest BCUT2D eigenvalue weighted by Gasteiger charge is -2.34. The van der Waals surface area contributed by atoms with Gasteiger partial charge in [0.15, 0.2) is 5.69 Å². The Balaban J connectivity index is 1.45. The van der Waals surface area contributed by atoms with E-state index in [1.165, 1.54) is 0 Å². The van der Waals surface area contributed by atoms with Crippen LogP contribution in [-0.2, 0) is 6.54 Å². The van der Waals surface area contributed by atoms with Gasteiger partial charge in [-0.15, -0.1) is 10.2 Å². The smallest absolute Gasteiger partial charge is 0.276 e. The number of aromatic nitrogens is 2. The van der Waals surface area contributed by atoms with Gasteiger partial charge in [0, 0.05) is 43.1 Å². The van der Waals surface area contributed by atoms with Crippen molar-refractivity contribution in [2.45, 2.75) is 6.54 Å². The van der Waals surface area contributed by atoms with Gasteiger partial charge in [0.25, 0.3) is 5.91 Å². The summed E-state index contributed by atoms with van der Waals surface area (Å²) in [6, 6.07) is 15.3. The fourth-order valence-electron chi connectivity index (χ4n) is 3.36. The number of nitrogens with two attached hydrogens (primary N) is 1. The van der Waals surface area contributed by atoms with E-state index in [1.807, 2.05) is 48.5 Å². The first kappa shape index (κ1) is 17.7. The first-order valence-corrected chi connectivity index (χ1v) is 9.27. The van der Waals surface area contributed by atoms with Gasteiger partial charge in [-0.1, -0.05) is 48.0 Å². The van der Waals surface area contributed by atoms with Crippen molar-refractivity contribution < 1.29 is 4.79 Å². The third-order valence-electron chi connectivity index (χ3n) is 4.92. The van der Waals surface area contributed by atoms with E-state index in [2.05, 4.69) is 15.1 Å². The Bertz CT molecular complexity index is 985. The Labute approximate surface area is 162 Å². The summed E-state index contributed by atoms with van der Waals surface area (Å²) in [4.78, 5) is 17.0. The molecule has 2 heterocycles. The lowest BCUT2D eigenvalue weighted by Crippen LogP contribution is -2.48. The molecule has 1 aliphatic heterocycles. The highest BCUT2D eigenvalue weighted by molar-refractivity contribution is 6.31. The van der Waals surface area contributed by atoms with Crippen molar-refractivity contribution >= 4 is 34.1 Å². The van der Waals surface area contributed by atoms with Crippen molar-refractivity contribution in [2.75, 3.05) is 31.9 Å². The molecule has 7 heteroatoms. The first-order chi connectivity index (χ1) is 13.1. The number of nitrogen functional groups attached to an aromatic ring is 1. The molecule has 6 nitrogen and oxygen atoms in total. The monoisotopic (exact) mass is 381 g/mol. The molecule has 0 saturated carbocycles. The van der Waals surface area contributed by atoms with E-state index in [-0.39, 0.29) is 11.6 Å². The third kappa shape index (κ3) is 3.59. The van der Waals surface area contributed by atoms with Gasteiger partial charge in [-0.25, -0.2) is 0 Å². The molecule has 2 aromatic carbocycles. The predicted molar refractivity (Wildman–Crippen MR) is 107 cm³/mol. The Hall–Kier alpha value is -2.70. The second kappa shape index (κ2) is 7.50. The van der Waals surface area contributed by atoms with Gasteiger partial charge >= 0.3 is 0 Å². The summed E-state index contributed by atoms with van der Waals surface area (Å²) < 4.78 is 0. The van der Waals surface area contributed by atoms with Gasteiger partial charge < -0.3 is 10.6 Å². The molecule has 138 valence electrons. The van der Waals surface area contributed by atoms with E-state index >= 15 is 0 Å². The molecule has 0 bridgehead atoms. The second-order valence-electron chi connectivity index (χ2n) is 6.64. The van der Waals surface area contributed by atoms with Crippen LogP contribution in [0.2, 0.25) is 5.02 Å². The molecule has 1 aliphatic rings. The number of halogens is 1. The minimum Gasteiger partial charge on any atom is -0.396 e. The number of piperazine rings is 1. The van der Waals surface area contributed by atoms with Crippen LogP contribution in [0.4, 0.5) is 5.69 Å². The summed E-state index contributed by atoms with van der Waals surface area (Å²) in [6.07, 6.45) is 0. The number of hydrogen-bond acceptors (Lipinski definition) is 5. The van der Waals surface area contributed by atoms with Crippen LogP contribution in [0.25, 0.3) is 10.9 Å². The van der Waals surface area contributed by atoms with Crippen LogP contribution in [-0.4, -0.2) is 52.1 Å². The van der Waals surface area contributed by atoms with Crippen LogP contribution in [0, 0.1) is 0 Å². The molecule has 0 radical (unpaired) electrons. The van der Waals surface area contributed by atoms with Crippen LogP contribution in [0.15, 0.2) is 48.5 Å². The normalized spacial score (nSPS) is 15.2. The lowest BCUT2D eigenvalue weighted by molar-refractivity contribution is 0.0623. The summed E-state index contributed by atoms with van der Waals surface area (Å²) in [5.41, 5.74) is 8.61. The Morgan fingerprint density at radius 3 is 2.48 bits per heavy atom. The molecule has 1 saturated heterocycles. The van der Waals surface area contributed by atoms with E-state index in [1.54, 1.807) is 4.90 Å². The van der Waals surface area contributed by atoms with Crippen molar-refractivity contribution in [3.63, 3.8) is 0 Å². The van der Waals surface area contributed by atoms with Crippen LogP contribution in [0.1, 0.15) is 16.1 Å². The van der Waals surface area contributed by atoms with Crippen molar-refractivity contribution in [1.29, 1.82) is 0 Å². The average molecular weight is 382 g/mol. The van der Waals surface area contributed by atoms with E-state index < -0.39 is 0 Å². The van der Waals surface area contributed by atoms with Gasteiger partial charge in [0.1, 0.15) is 0 Å². The Kier molecular flexibility index (Phi) is 4.92. The zero-order chi connectivity index (χ0) is 18.8. The number of fused-ring (bicyclic) bond motifs is 1. The SMILES string of the molecule is Nc1c(C(=O)N2CCN(Cc3ccccc3Cl)CC2)nnc2ccccc12. The van der Waals surface area contributed by atoms with Crippen molar-refractivity contribution in [3.8, 4) is 0 Å². The van der Waals surface area contributed by atoms with Crippen molar-refractivity contribution in [1.82, 2.24) is 20.0 Å². The van der Waals surface area contributed by atoms with Crippen molar-refractivity contribution in [3.05, 3.63) is 64.8 Å². The topological polar surface area (TPSA) is 75.4 Å². The summed E-state index contributed by atoms with van der Waals surface area (Å²) in [7, 11) is 0. The maximum absolute atomic E-state index is 12.9. The van der Waals surface area contributed by atoms with Crippen LogP contribution in [0.3, 0.4) is 0 Å². The summed E-state index contributed by atoms with van der Waals surface area (Å²) in [5, 5.41) is 9.75. The van der Waals surface area contributed by atoms with Crippen LogP contribution < -0.4 is 5.73 Å². The highest BCUT2D eigenvalue weighted by Gasteiger charge is 2.25. The third-order valence-corrected chi connectivity index (χ3v) is 5.29. The maximum atomic E-state index is 12.9. The van der Waals surface area contributed by atoms with E-state index in [0.717, 1.165) is 35.6 Å². The van der Waals surface area contributed by atoms with Gasteiger partial charge in [-0.3, -0.25) is 9.69 Å². The molecule has 0 atom stereocenters. The molecular formula is C20H20ClN5O. The highest BCUT2D eigenvalue weighted by Crippen LogP contribution is 2.23. The number of rotatable bonds is 3. The molecule has 0 unspecified atom stereocenters. The molecule has 1 aromatic heterocycles. The predicted octanol–water partition coefficient (Wildman–Crippen LogP) is 2.82. The quantitative estimate of drug-likeness (QED) is 0.755. The first-order valence-electron chi connectivity index (χ1n) is 8.89. The highest BCUT2D eigenvalue weighted by atomic mass is 35.5. The summed E-state index contributed by atoms with van der Waals surface area (Å²) in [6.45, 7) is 3.57. The van der Waals surface area contributed by atoms with E-state index in [0.29, 0.717) is 24.3 Å². The Morgan fingerprint density at radius 2 is 1.70 bits per heavy atom. The number of amides is 1. The lowest BCUT2D eigenvalue weighted by atomic mass is 10.1. The summed E-state index contributed by atoms with van der Waals surface area (Å²) in [5.74, 6) is -0.164. The minimum absolute atomic E-state index is 0.164. The number of benzene rings is 2. The molecular weight excluding hydrogens is 362 g/mol. The zero-order valence-electron chi connectivity index (χ0n) is 14.8.